The first-order valence-electron chi connectivity index (χ1n) is 7.90. The Morgan fingerprint density at radius 1 is 1.18 bits per heavy atom. The summed E-state index contributed by atoms with van der Waals surface area (Å²) in [5.41, 5.74) is 5.52. The molecule has 0 heterocycles. The molecular weight excluding hydrogens is 283 g/mol. The number of primary amides is 1. The van der Waals surface area contributed by atoms with E-state index in [0.717, 1.165) is 25.3 Å². The molecule has 0 unspecified atom stereocenters. The Morgan fingerprint density at radius 3 is 2.50 bits per heavy atom. The topological polar surface area (TPSA) is 72.2 Å². The fraction of sp³-hybridized carbons (Fsp3) is 0.529. The maximum atomic E-state index is 13.1. The number of benzene rings is 1. The van der Waals surface area contributed by atoms with E-state index in [-0.39, 0.29) is 5.56 Å². The quantitative estimate of drug-likeness (QED) is 0.652. The molecule has 3 N–H and O–H groups in total. The van der Waals surface area contributed by atoms with Crippen LogP contribution < -0.4 is 11.1 Å². The molecule has 0 aliphatic carbocycles. The first-order chi connectivity index (χ1) is 10.5. The van der Waals surface area contributed by atoms with E-state index in [2.05, 4.69) is 12.2 Å². The molecule has 0 fully saturated rings. The van der Waals surface area contributed by atoms with Gasteiger partial charge in [-0.25, -0.2) is 4.39 Å². The lowest BCUT2D eigenvalue weighted by Crippen LogP contribution is -2.44. The maximum absolute atomic E-state index is 13.1. The second kappa shape index (κ2) is 9.92. The summed E-state index contributed by atoms with van der Waals surface area (Å²) in [5.74, 6) is -1.52. The van der Waals surface area contributed by atoms with Crippen LogP contribution >= 0.6 is 0 Å². The Bertz CT molecular complexity index is 491. The summed E-state index contributed by atoms with van der Waals surface area (Å²) in [4.78, 5) is 23.4. The molecule has 0 aromatic heterocycles. The summed E-state index contributed by atoms with van der Waals surface area (Å²) in [6.07, 6.45) is 7.08. The molecule has 2 amide bonds. The van der Waals surface area contributed by atoms with Crippen LogP contribution in [0.15, 0.2) is 24.3 Å². The van der Waals surface area contributed by atoms with E-state index in [0.29, 0.717) is 6.42 Å². The molecule has 1 rings (SSSR count). The van der Waals surface area contributed by atoms with Gasteiger partial charge in [-0.05, 0) is 24.6 Å². The van der Waals surface area contributed by atoms with Crippen molar-refractivity contribution in [3.05, 3.63) is 35.6 Å². The van der Waals surface area contributed by atoms with Gasteiger partial charge in [0.2, 0.25) is 5.91 Å². The summed E-state index contributed by atoms with van der Waals surface area (Å²) in [7, 11) is 0. The first-order valence-corrected chi connectivity index (χ1v) is 7.90. The molecule has 0 aliphatic rings. The molecule has 0 saturated carbocycles. The highest BCUT2D eigenvalue weighted by atomic mass is 19.1. The number of carbonyl (C=O) groups excluding carboxylic acids is 2. The number of amides is 2. The van der Waals surface area contributed by atoms with Crippen molar-refractivity contribution in [2.45, 2.75) is 57.9 Å². The summed E-state index contributed by atoms with van der Waals surface area (Å²) in [5, 5.41) is 2.58. The molecule has 122 valence electrons. The van der Waals surface area contributed by atoms with Crippen LogP contribution in [0.4, 0.5) is 4.39 Å². The third-order valence-corrected chi connectivity index (χ3v) is 3.58. The van der Waals surface area contributed by atoms with E-state index >= 15 is 0 Å². The van der Waals surface area contributed by atoms with Crippen LogP contribution in [0.25, 0.3) is 0 Å². The van der Waals surface area contributed by atoms with E-state index in [1.54, 1.807) is 0 Å². The molecular formula is C17H25FN2O2. The van der Waals surface area contributed by atoms with E-state index in [4.69, 9.17) is 5.73 Å². The van der Waals surface area contributed by atoms with E-state index in [9.17, 15) is 14.0 Å². The van der Waals surface area contributed by atoms with Gasteiger partial charge < -0.3 is 11.1 Å². The number of hydrogen-bond acceptors (Lipinski definition) is 2. The van der Waals surface area contributed by atoms with Gasteiger partial charge in [0, 0.05) is 5.56 Å². The van der Waals surface area contributed by atoms with Gasteiger partial charge in [0.05, 0.1) is 0 Å². The zero-order valence-electron chi connectivity index (χ0n) is 13.1. The molecule has 1 aromatic carbocycles. The lowest BCUT2D eigenvalue weighted by molar-refractivity contribution is -0.120. The summed E-state index contributed by atoms with van der Waals surface area (Å²) >= 11 is 0. The average Bonchev–Trinajstić information content (AvgIpc) is 2.49. The molecule has 0 bridgehead atoms. The number of halogens is 1. The number of nitrogens with one attached hydrogen (secondary N) is 1. The molecule has 1 aromatic rings. The first kappa shape index (κ1) is 18.1. The summed E-state index contributed by atoms with van der Waals surface area (Å²) in [6, 6.07) is 4.65. The molecule has 0 radical (unpaired) electrons. The Labute approximate surface area is 131 Å². The van der Waals surface area contributed by atoms with Gasteiger partial charge in [-0.2, -0.15) is 0 Å². The molecule has 22 heavy (non-hydrogen) atoms. The molecule has 0 aliphatic heterocycles. The van der Waals surface area contributed by atoms with Crippen LogP contribution in [-0.4, -0.2) is 17.9 Å². The smallest absolute Gasteiger partial charge is 0.252 e. The fourth-order valence-electron chi connectivity index (χ4n) is 2.29. The van der Waals surface area contributed by atoms with Gasteiger partial charge >= 0.3 is 0 Å². The van der Waals surface area contributed by atoms with Gasteiger partial charge in [0.15, 0.2) is 0 Å². The lowest BCUT2D eigenvalue weighted by Gasteiger charge is -2.15. The van der Waals surface area contributed by atoms with Crippen LogP contribution in [0.2, 0.25) is 0 Å². The van der Waals surface area contributed by atoms with Crippen LogP contribution in [0, 0.1) is 5.82 Å². The minimum absolute atomic E-state index is 0.189. The predicted molar refractivity (Wildman–Crippen MR) is 84.8 cm³/mol. The van der Waals surface area contributed by atoms with Gasteiger partial charge in [-0.3, -0.25) is 9.59 Å². The number of hydrogen-bond donors (Lipinski definition) is 2. The number of rotatable bonds is 10. The maximum Gasteiger partial charge on any atom is 0.252 e. The van der Waals surface area contributed by atoms with E-state index in [1.807, 2.05) is 0 Å². The molecule has 1 atom stereocenters. The van der Waals surface area contributed by atoms with Gasteiger partial charge in [0.1, 0.15) is 11.9 Å². The van der Waals surface area contributed by atoms with Gasteiger partial charge in [0.25, 0.3) is 5.91 Å². The predicted octanol–water partition coefficient (Wildman–Crippen LogP) is 3.16. The highest BCUT2D eigenvalue weighted by Crippen LogP contribution is 2.10. The van der Waals surface area contributed by atoms with Gasteiger partial charge in [-0.15, -0.1) is 0 Å². The van der Waals surface area contributed by atoms with Crippen molar-refractivity contribution < 1.29 is 14.0 Å². The second-order valence-corrected chi connectivity index (χ2v) is 5.50. The van der Waals surface area contributed by atoms with Crippen molar-refractivity contribution in [1.82, 2.24) is 5.32 Å². The Kier molecular flexibility index (Phi) is 8.18. The highest BCUT2D eigenvalue weighted by Gasteiger charge is 2.18. The molecule has 5 heteroatoms. The number of nitrogens with two attached hydrogens (primary N) is 1. The number of carbonyl (C=O) groups is 2. The van der Waals surface area contributed by atoms with Crippen molar-refractivity contribution in [2.75, 3.05) is 0 Å². The van der Waals surface area contributed by atoms with Gasteiger partial charge in [-0.1, -0.05) is 51.5 Å². The minimum Gasteiger partial charge on any atom is -0.368 e. The Balaban J connectivity index is 2.43. The molecule has 0 saturated heterocycles. The standard InChI is InChI=1S/C17H25FN2O2/c1-2-3-4-5-6-7-11-15(16(19)21)20-17(22)13-9-8-10-14(18)12-13/h8-10,12,15H,2-7,11H2,1H3,(H2,19,21)(H,20,22)/t15-/m1/s1. The monoisotopic (exact) mass is 308 g/mol. The third-order valence-electron chi connectivity index (χ3n) is 3.58. The van der Waals surface area contributed by atoms with Crippen molar-refractivity contribution in [1.29, 1.82) is 0 Å². The third kappa shape index (κ3) is 6.70. The number of unbranched alkanes of at least 4 members (excludes halogenated alkanes) is 5. The lowest BCUT2D eigenvalue weighted by atomic mass is 10.0. The van der Waals surface area contributed by atoms with Crippen molar-refractivity contribution in [3.63, 3.8) is 0 Å². The van der Waals surface area contributed by atoms with E-state index in [1.165, 1.54) is 37.5 Å². The second-order valence-electron chi connectivity index (χ2n) is 5.50. The van der Waals surface area contributed by atoms with Crippen LogP contribution in [0.3, 0.4) is 0 Å². The van der Waals surface area contributed by atoms with Crippen molar-refractivity contribution >= 4 is 11.8 Å². The SMILES string of the molecule is CCCCCCCC[C@@H](NC(=O)c1cccc(F)c1)C(N)=O. The zero-order chi connectivity index (χ0) is 16.4. The minimum atomic E-state index is -0.707. The summed E-state index contributed by atoms with van der Waals surface area (Å²) < 4.78 is 13.1. The average molecular weight is 308 g/mol. The zero-order valence-corrected chi connectivity index (χ0v) is 13.1. The molecule has 0 spiro atoms. The highest BCUT2D eigenvalue weighted by molar-refractivity contribution is 5.97. The Morgan fingerprint density at radius 2 is 1.86 bits per heavy atom. The van der Waals surface area contributed by atoms with E-state index < -0.39 is 23.7 Å². The van der Waals surface area contributed by atoms with Crippen LogP contribution in [0.1, 0.15) is 62.2 Å². The van der Waals surface area contributed by atoms with Crippen molar-refractivity contribution in [2.24, 2.45) is 5.73 Å². The Hall–Kier alpha value is -1.91. The molecule has 4 nitrogen and oxygen atoms in total. The van der Waals surface area contributed by atoms with Crippen molar-refractivity contribution in [3.8, 4) is 0 Å². The fourth-order valence-corrected chi connectivity index (χ4v) is 2.29. The largest absolute Gasteiger partial charge is 0.368 e. The normalized spacial score (nSPS) is 11.9. The van der Waals surface area contributed by atoms with Crippen LogP contribution in [0.5, 0.6) is 0 Å². The van der Waals surface area contributed by atoms with Crippen LogP contribution in [-0.2, 0) is 4.79 Å². The summed E-state index contributed by atoms with van der Waals surface area (Å²) in [6.45, 7) is 2.16.